The summed E-state index contributed by atoms with van der Waals surface area (Å²) in [5, 5.41) is 10.1. The van der Waals surface area contributed by atoms with Crippen LogP contribution in [0.1, 0.15) is 44.8 Å². The minimum Gasteiger partial charge on any atom is -0.388 e. The molecule has 118 valence electrons. The van der Waals surface area contributed by atoms with Gasteiger partial charge in [0.15, 0.2) is 0 Å². The van der Waals surface area contributed by atoms with Crippen molar-refractivity contribution in [2.75, 3.05) is 19.6 Å². The highest BCUT2D eigenvalue weighted by Crippen LogP contribution is 2.25. The average molecular weight is 297 g/mol. The third kappa shape index (κ3) is 4.75. The third-order valence-electron chi connectivity index (χ3n) is 4.56. The van der Waals surface area contributed by atoms with Crippen molar-refractivity contribution in [1.29, 1.82) is 0 Å². The minimum absolute atomic E-state index is 0.324. The fraction of sp³-hybridized carbons (Fsp3) is 0.647. The topological polar surface area (TPSA) is 23.5 Å². The first-order valence-corrected chi connectivity index (χ1v) is 7.82. The molecule has 4 heteroatoms. The first kappa shape index (κ1) is 16.4. The van der Waals surface area contributed by atoms with E-state index < -0.39 is 17.7 Å². The Labute approximate surface area is 125 Å². The van der Waals surface area contributed by atoms with Crippen LogP contribution in [0.15, 0.2) is 18.2 Å². The van der Waals surface area contributed by atoms with Crippen molar-refractivity contribution in [1.82, 2.24) is 4.90 Å². The lowest BCUT2D eigenvalue weighted by molar-refractivity contribution is 0.114. The molecule has 0 amide bonds. The molecule has 1 atom stereocenters. The number of aliphatic hydroxyl groups is 1. The SMILES string of the molecule is CC(C)C1CCN(CCC(O)c2cc(F)cc(F)c2)CC1. The van der Waals surface area contributed by atoms with Crippen LogP contribution in [0.2, 0.25) is 0 Å². The van der Waals surface area contributed by atoms with Gasteiger partial charge < -0.3 is 10.0 Å². The van der Waals surface area contributed by atoms with Gasteiger partial charge in [-0.05, 0) is 61.9 Å². The molecule has 0 saturated carbocycles. The van der Waals surface area contributed by atoms with E-state index in [0.29, 0.717) is 12.0 Å². The number of benzene rings is 1. The van der Waals surface area contributed by atoms with Gasteiger partial charge in [-0.1, -0.05) is 13.8 Å². The molecule has 0 bridgehead atoms. The molecule has 1 aromatic carbocycles. The highest BCUT2D eigenvalue weighted by molar-refractivity contribution is 5.20. The molecule has 21 heavy (non-hydrogen) atoms. The molecule has 1 fully saturated rings. The average Bonchev–Trinajstić information content (AvgIpc) is 2.44. The Balaban J connectivity index is 1.80. The second-order valence-corrected chi connectivity index (χ2v) is 6.43. The zero-order chi connectivity index (χ0) is 15.4. The summed E-state index contributed by atoms with van der Waals surface area (Å²) in [6, 6.07) is 3.24. The number of likely N-dealkylation sites (tertiary alicyclic amines) is 1. The molecule has 1 heterocycles. The number of rotatable bonds is 5. The molecular formula is C17H25F2NO. The van der Waals surface area contributed by atoms with Crippen LogP contribution in [-0.2, 0) is 0 Å². The molecular weight excluding hydrogens is 272 g/mol. The fourth-order valence-corrected chi connectivity index (χ4v) is 3.08. The maximum Gasteiger partial charge on any atom is 0.126 e. The lowest BCUT2D eigenvalue weighted by Gasteiger charge is -2.34. The van der Waals surface area contributed by atoms with Gasteiger partial charge in [0, 0.05) is 12.6 Å². The van der Waals surface area contributed by atoms with Crippen molar-refractivity contribution < 1.29 is 13.9 Å². The predicted molar refractivity (Wildman–Crippen MR) is 79.9 cm³/mol. The first-order chi connectivity index (χ1) is 9.95. The highest BCUT2D eigenvalue weighted by atomic mass is 19.1. The van der Waals surface area contributed by atoms with E-state index in [2.05, 4.69) is 18.7 Å². The molecule has 0 aromatic heterocycles. The van der Waals surface area contributed by atoms with Gasteiger partial charge in [0.25, 0.3) is 0 Å². The summed E-state index contributed by atoms with van der Waals surface area (Å²) in [5.74, 6) is 0.250. The number of aliphatic hydroxyl groups excluding tert-OH is 1. The predicted octanol–water partition coefficient (Wildman–Crippen LogP) is 3.76. The van der Waals surface area contributed by atoms with Gasteiger partial charge >= 0.3 is 0 Å². The maximum atomic E-state index is 13.1. The molecule has 1 aliphatic rings. The van der Waals surface area contributed by atoms with Crippen molar-refractivity contribution in [2.24, 2.45) is 11.8 Å². The number of hydrogen-bond donors (Lipinski definition) is 1. The van der Waals surface area contributed by atoms with Crippen LogP contribution in [0.5, 0.6) is 0 Å². The van der Waals surface area contributed by atoms with Gasteiger partial charge in [-0.2, -0.15) is 0 Å². The zero-order valence-electron chi connectivity index (χ0n) is 12.9. The van der Waals surface area contributed by atoms with E-state index in [1.807, 2.05) is 0 Å². The lowest BCUT2D eigenvalue weighted by atomic mass is 9.86. The van der Waals surface area contributed by atoms with Crippen molar-refractivity contribution in [3.05, 3.63) is 35.4 Å². The van der Waals surface area contributed by atoms with Gasteiger partial charge in [0.05, 0.1) is 6.10 Å². The Morgan fingerprint density at radius 1 is 1.14 bits per heavy atom. The number of piperidine rings is 1. The van der Waals surface area contributed by atoms with Crippen LogP contribution in [0, 0.1) is 23.5 Å². The summed E-state index contributed by atoms with van der Waals surface area (Å²) in [6.07, 6.45) is 2.10. The van der Waals surface area contributed by atoms with Gasteiger partial charge in [-0.3, -0.25) is 0 Å². The fourth-order valence-electron chi connectivity index (χ4n) is 3.08. The van der Waals surface area contributed by atoms with E-state index in [9.17, 15) is 13.9 Å². The zero-order valence-corrected chi connectivity index (χ0v) is 12.9. The molecule has 0 spiro atoms. The molecule has 1 aromatic rings. The quantitative estimate of drug-likeness (QED) is 0.894. The molecule has 1 aliphatic heterocycles. The largest absolute Gasteiger partial charge is 0.388 e. The summed E-state index contributed by atoms with van der Waals surface area (Å²) in [5.41, 5.74) is 0.324. The molecule has 0 aliphatic carbocycles. The van der Waals surface area contributed by atoms with Gasteiger partial charge in [-0.25, -0.2) is 8.78 Å². The van der Waals surface area contributed by atoms with Crippen LogP contribution < -0.4 is 0 Å². The number of nitrogens with zero attached hydrogens (tertiary/aromatic N) is 1. The van der Waals surface area contributed by atoms with Gasteiger partial charge in [-0.15, -0.1) is 0 Å². The van der Waals surface area contributed by atoms with Crippen molar-refractivity contribution in [3.63, 3.8) is 0 Å². The minimum atomic E-state index is -0.807. The van der Waals surface area contributed by atoms with E-state index in [0.717, 1.165) is 37.5 Å². The van der Waals surface area contributed by atoms with Crippen LogP contribution in [0.4, 0.5) is 8.78 Å². The highest BCUT2D eigenvalue weighted by Gasteiger charge is 2.22. The monoisotopic (exact) mass is 297 g/mol. The smallest absolute Gasteiger partial charge is 0.126 e. The summed E-state index contributed by atoms with van der Waals surface area (Å²) >= 11 is 0. The summed E-state index contributed by atoms with van der Waals surface area (Å²) in [4.78, 5) is 2.33. The van der Waals surface area contributed by atoms with E-state index in [1.54, 1.807) is 0 Å². The number of hydrogen-bond acceptors (Lipinski definition) is 2. The standard InChI is InChI=1S/C17H25F2NO/c1-12(2)13-3-6-20(7-4-13)8-5-17(21)14-9-15(18)11-16(19)10-14/h9-13,17,21H,3-8H2,1-2H3. The molecule has 2 rings (SSSR count). The van der Waals surface area contributed by atoms with E-state index in [4.69, 9.17) is 0 Å². The van der Waals surface area contributed by atoms with Crippen molar-refractivity contribution >= 4 is 0 Å². The molecule has 1 N–H and O–H groups in total. The Hall–Kier alpha value is -1.00. The second-order valence-electron chi connectivity index (χ2n) is 6.43. The Kier molecular flexibility index (Phi) is 5.71. The Morgan fingerprint density at radius 2 is 1.71 bits per heavy atom. The Bertz CT molecular complexity index is 436. The Morgan fingerprint density at radius 3 is 2.24 bits per heavy atom. The van der Waals surface area contributed by atoms with Crippen LogP contribution in [-0.4, -0.2) is 29.6 Å². The molecule has 1 unspecified atom stereocenters. The first-order valence-electron chi connectivity index (χ1n) is 7.82. The molecule has 1 saturated heterocycles. The molecule has 0 radical (unpaired) electrons. The molecule has 2 nitrogen and oxygen atoms in total. The van der Waals surface area contributed by atoms with E-state index in [-0.39, 0.29) is 0 Å². The number of halogens is 2. The van der Waals surface area contributed by atoms with E-state index >= 15 is 0 Å². The van der Waals surface area contributed by atoms with Crippen LogP contribution in [0.25, 0.3) is 0 Å². The third-order valence-corrected chi connectivity index (χ3v) is 4.56. The van der Waals surface area contributed by atoms with Crippen molar-refractivity contribution in [3.8, 4) is 0 Å². The lowest BCUT2D eigenvalue weighted by Crippen LogP contribution is -2.36. The van der Waals surface area contributed by atoms with Crippen molar-refractivity contribution in [2.45, 2.75) is 39.2 Å². The van der Waals surface area contributed by atoms with Crippen LogP contribution >= 0.6 is 0 Å². The van der Waals surface area contributed by atoms with Crippen LogP contribution in [0.3, 0.4) is 0 Å². The van der Waals surface area contributed by atoms with E-state index in [1.165, 1.54) is 25.0 Å². The summed E-state index contributed by atoms with van der Waals surface area (Å²) < 4.78 is 26.3. The summed E-state index contributed by atoms with van der Waals surface area (Å²) in [6.45, 7) is 7.40. The normalized spacial score (nSPS) is 19.1. The maximum absolute atomic E-state index is 13.1. The van der Waals surface area contributed by atoms with Gasteiger partial charge in [0.2, 0.25) is 0 Å². The van der Waals surface area contributed by atoms with Gasteiger partial charge in [0.1, 0.15) is 11.6 Å². The summed E-state index contributed by atoms with van der Waals surface area (Å²) in [7, 11) is 0. The second kappa shape index (κ2) is 7.32.